The number of hydrogen-bond donors (Lipinski definition) is 3. The number of nitrogens with one attached hydrogen (secondary N) is 2. The van der Waals surface area contributed by atoms with Crippen molar-refractivity contribution >= 4 is 51.9 Å². The molecule has 128 valence electrons. The Morgan fingerprint density at radius 3 is 2.28 bits per heavy atom. The van der Waals surface area contributed by atoms with Crippen molar-refractivity contribution in [2.75, 3.05) is 16.4 Å². The Bertz CT molecular complexity index is 927. The highest BCUT2D eigenvalue weighted by molar-refractivity contribution is 6.31. The Labute approximate surface area is 156 Å². The van der Waals surface area contributed by atoms with Gasteiger partial charge in [-0.1, -0.05) is 35.3 Å². The highest BCUT2D eigenvalue weighted by atomic mass is 35.5. The first-order chi connectivity index (χ1) is 11.9. The second kappa shape index (κ2) is 7.17. The van der Waals surface area contributed by atoms with E-state index in [1.807, 2.05) is 50.2 Å². The van der Waals surface area contributed by atoms with Crippen molar-refractivity contribution in [3.63, 3.8) is 0 Å². The number of nitrogen functional groups attached to an aromatic ring is 1. The summed E-state index contributed by atoms with van der Waals surface area (Å²) >= 11 is 12.2. The van der Waals surface area contributed by atoms with Crippen LogP contribution in [0.1, 0.15) is 11.1 Å². The van der Waals surface area contributed by atoms with E-state index >= 15 is 0 Å². The van der Waals surface area contributed by atoms with Crippen LogP contribution >= 0.6 is 23.2 Å². The first-order valence-corrected chi connectivity index (χ1v) is 8.36. The Kier molecular flexibility index (Phi) is 4.97. The quantitative estimate of drug-likeness (QED) is 0.565. The fourth-order valence-electron chi connectivity index (χ4n) is 2.26. The van der Waals surface area contributed by atoms with Gasteiger partial charge in [-0.2, -0.15) is 0 Å². The van der Waals surface area contributed by atoms with Crippen molar-refractivity contribution < 1.29 is 0 Å². The van der Waals surface area contributed by atoms with Gasteiger partial charge in [0, 0.05) is 21.4 Å². The van der Waals surface area contributed by atoms with Gasteiger partial charge in [-0.25, -0.2) is 9.97 Å². The molecule has 0 bridgehead atoms. The van der Waals surface area contributed by atoms with Gasteiger partial charge in [0.2, 0.25) is 0 Å². The lowest BCUT2D eigenvalue weighted by Crippen LogP contribution is -2.05. The lowest BCUT2D eigenvalue weighted by molar-refractivity contribution is 1.17. The lowest BCUT2D eigenvalue weighted by atomic mass is 10.2. The highest BCUT2D eigenvalue weighted by Gasteiger charge is 2.10. The molecule has 0 fully saturated rings. The predicted octanol–water partition coefficient (Wildman–Crippen LogP) is 5.47. The average Bonchev–Trinajstić information content (AvgIpc) is 2.58. The number of nitrogens with two attached hydrogens (primary N) is 1. The number of nitrogens with zero attached hydrogens (tertiary/aromatic N) is 2. The molecule has 0 aliphatic heterocycles. The van der Waals surface area contributed by atoms with Crippen LogP contribution in [0.3, 0.4) is 0 Å². The molecular formula is C18H17Cl2N5. The number of hydrogen-bond acceptors (Lipinski definition) is 5. The fraction of sp³-hybridized carbons (Fsp3) is 0.111. The van der Waals surface area contributed by atoms with E-state index in [4.69, 9.17) is 28.9 Å². The monoisotopic (exact) mass is 373 g/mol. The summed E-state index contributed by atoms with van der Waals surface area (Å²) in [5, 5.41) is 7.67. The molecule has 1 aromatic heterocycles. The molecule has 5 nitrogen and oxygen atoms in total. The maximum Gasteiger partial charge on any atom is 0.159 e. The molecule has 0 saturated heterocycles. The minimum Gasteiger partial charge on any atom is -0.393 e. The average molecular weight is 374 g/mol. The van der Waals surface area contributed by atoms with Crippen LogP contribution in [0.4, 0.5) is 28.7 Å². The van der Waals surface area contributed by atoms with Crippen LogP contribution in [0.25, 0.3) is 0 Å². The maximum atomic E-state index is 6.22. The molecule has 1 heterocycles. The van der Waals surface area contributed by atoms with E-state index in [9.17, 15) is 0 Å². The molecule has 2 aromatic carbocycles. The van der Waals surface area contributed by atoms with Gasteiger partial charge in [0.25, 0.3) is 0 Å². The zero-order chi connectivity index (χ0) is 18.0. The van der Waals surface area contributed by atoms with Crippen molar-refractivity contribution in [3.8, 4) is 0 Å². The van der Waals surface area contributed by atoms with Gasteiger partial charge in [-0.05, 0) is 49.2 Å². The van der Waals surface area contributed by atoms with E-state index in [1.165, 1.54) is 6.33 Å². The van der Waals surface area contributed by atoms with Crippen LogP contribution in [-0.4, -0.2) is 9.97 Å². The highest BCUT2D eigenvalue weighted by Crippen LogP contribution is 2.31. The van der Waals surface area contributed by atoms with Gasteiger partial charge in [0.15, 0.2) is 11.6 Å². The van der Waals surface area contributed by atoms with Crippen molar-refractivity contribution in [3.05, 3.63) is 63.9 Å². The summed E-state index contributed by atoms with van der Waals surface area (Å²) in [5.41, 5.74) is 10.3. The molecule has 25 heavy (non-hydrogen) atoms. The fourth-order valence-corrected chi connectivity index (χ4v) is 2.61. The second-order valence-corrected chi connectivity index (χ2v) is 6.50. The largest absolute Gasteiger partial charge is 0.393 e. The van der Waals surface area contributed by atoms with Gasteiger partial charge in [0.05, 0.1) is 0 Å². The summed E-state index contributed by atoms with van der Waals surface area (Å²) in [6.45, 7) is 3.92. The molecule has 7 heteroatoms. The van der Waals surface area contributed by atoms with E-state index < -0.39 is 0 Å². The zero-order valence-corrected chi connectivity index (χ0v) is 15.3. The summed E-state index contributed by atoms with van der Waals surface area (Å²) in [4.78, 5) is 8.43. The van der Waals surface area contributed by atoms with Gasteiger partial charge < -0.3 is 16.4 Å². The molecule has 0 radical (unpaired) electrons. The Hall–Kier alpha value is -2.50. The molecule has 0 aliphatic carbocycles. The summed E-state index contributed by atoms with van der Waals surface area (Å²) in [6, 6.07) is 11.3. The van der Waals surface area contributed by atoms with E-state index in [-0.39, 0.29) is 0 Å². The number of halogens is 2. The molecule has 4 N–H and O–H groups in total. The third kappa shape index (κ3) is 3.95. The smallest absolute Gasteiger partial charge is 0.159 e. The molecule has 0 aliphatic rings. The topological polar surface area (TPSA) is 75.9 Å². The lowest BCUT2D eigenvalue weighted by Gasteiger charge is -2.14. The Balaban J connectivity index is 1.89. The van der Waals surface area contributed by atoms with Crippen LogP contribution in [-0.2, 0) is 0 Å². The minimum absolute atomic E-state index is 0.401. The van der Waals surface area contributed by atoms with Crippen LogP contribution in [0.2, 0.25) is 10.0 Å². The summed E-state index contributed by atoms with van der Waals surface area (Å²) in [7, 11) is 0. The summed E-state index contributed by atoms with van der Waals surface area (Å²) in [5.74, 6) is 0.998. The van der Waals surface area contributed by atoms with Gasteiger partial charge >= 0.3 is 0 Å². The van der Waals surface area contributed by atoms with Gasteiger partial charge in [-0.15, -0.1) is 0 Å². The third-order valence-electron chi connectivity index (χ3n) is 3.77. The maximum absolute atomic E-state index is 6.22. The van der Waals surface area contributed by atoms with Crippen LogP contribution in [0, 0.1) is 13.8 Å². The van der Waals surface area contributed by atoms with Gasteiger partial charge in [-0.3, -0.25) is 0 Å². The normalized spacial score (nSPS) is 10.6. The minimum atomic E-state index is 0.401. The SMILES string of the molecule is Cc1ccc(Nc2ncnc(Nc3cc(Cl)ccc3C)c2N)cc1Cl. The van der Waals surface area contributed by atoms with E-state index in [0.717, 1.165) is 22.5 Å². The molecule has 0 atom stereocenters. The first kappa shape index (κ1) is 17.3. The third-order valence-corrected chi connectivity index (χ3v) is 4.41. The van der Waals surface area contributed by atoms with Crippen LogP contribution in [0.15, 0.2) is 42.7 Å². The van der Waals surface area contributed by atoms with Crippen LogP contribution in [0.5, 0.6) is 0 Å². The standard InChI is InChI=1S/C18H17Cl2N5/c1-10-4-6-13(8-14(10)20)24-17-16(21)18(23-9-22-17)25-15-7-12(19)5-3-11(15)2/h3-9H,21H2,1-2H3,(H2,22,23,24,25). The van der Waals surface area contributed by atoms with Crippen molar-refractivity contribution in [2.24, 2.45) is 0 Å². The number of aryl methyl sites for hydroxylation is 2. The number of anilines is 5. The summed E-state index contributed by atoms with van der Waals surface area (Å²) in [6.07, 6.45) is 1.44. The molecular weight excluding hydrogens is 357 g/mol. The Morgan fingerprint density at radius 1 is 0.880 bits per heavy atom. The molecule has 0 saturated carbocycles. The van der Waals surface area contributed by atoms with E-state index in [0.29, 0.717) is 27.4 Å². The molecule has 3 rings (SSSR count). The molecule has 3 aromatic rings. The van der Waals surface area contributed by atoms with E-state index in [2.05, 4.69) is 20.6 Å². The van der Waals surface area contributed by atoms with Gasteiger partial charge in [0.1, 0.15) is 12.0 Å². The first-order valence-electron chi connectivity index (χ1n) is 7.61. The van der Waals surface area contributed by atoms with E-state index in [1.54, 1.807) is 0 Å². The van der Waals surface area contributed by atoms with Crippen molar-refractivity contribution in [1.29, 1.82) is 0 Å². The molecule has 0 amide bonds. The molecule has 0 unspecified atom stereocenters. The van der Waals surface area contributed by atoms with Crippen molar-refractivity contribution in [1.82, 2.24) is 9.97 Å². The van der Waals surface area contributed by atoms with Crippen LogP contribution < -0.4 is 16.4 Å². The predicted molar refractivity (Wildman–Crippen MR) is 105 cm³/mol. The number of aromatic nitrogens is 2. The van der Waals surface area contributed by atoms with Crippen molar-refractivity contribution in [2.45, 2.75) is 13.8 Å². The summed E-state index contributed by atoms with van der Waals surface area (Å²) < 4.78 is 0. The molecule has 0 spiro atoms. The zero-order valence-electron chi connectivity index (χ0n) is 13.8. The Morgan fingerprint density at radius 2 is 1.56 bits per heavy atom. The number of rotatable bonds is 4. The number of benzene rings is 2. The second-order valence-electron chi connectivity index (χ2n) is 5.66.